The van der Waals surface area contributed by atoms with Crippen molar-refractivity contribution in [1.82, 2.24) is 14.8 Å². The fraction of sp³-hybridized carbons (Fsp3) is 0.400. The molecule has 170 valence electrons. The zero-order valence-electron chi connectivity index (χ0n) is 18.5. The molecule has 5 nitrogen and oxygen atoms in total. The SMILES string of the molecule is CCCCc1nc(C(F)(F)CCCC)nn1Cc1ccc(-c2cccc(C(=O)O)c2)cc1. The Morgan fingerprint density at radius 2 is 1.75 bits per heavy atom. The molecule has 3 rings (SSSR count). The summed E-state index contributed by atoms with van der Waals surface area (Å²) < 4.78 is 30.7. The summed E-state index contributed by atoms with van der Waals surface area (Å²) in [5, 5.41) is 13.4. The molecule has 2 aromatic carbocycles. The molecular weight excluding hydrogens is 412 g/mol. The molecule has 0 saturated carbocycles. The summed E-state index contributed by atoms with van der Waals surface area (Å²) in [5.74, 6) is -3.81. The number of aryl methyl sites for hydroxylation is 1. The van der Waals surface area contributed by atoms with Gasteiger partial charge in [-0.3, -0.25) is 0 Å². The van der Waals surface area contributed by atoms with Gasteiger partial charge in [0.15, 0.2) is 0 Å². The highest BCUT2D eigenvalue weighted by Crippen LogP contribution is 2.31. The lowest BCUT2D eigenvalue weighted by atomic mass is 10.0. The van der Waals surface area contributed by atoms with Crippen molar-refractivity contribution in [3.05, 3.63) is 71.3 Å². The molecule has 0 saturated heterocycles. The number of carbonyl (C=O) groups is 1. The number of aromatic nitrogens is 3. The number of hydrogen-bond acceptors (Lipinski definition) is 3. The monoisotopic (exact) mass is 441 g/mol. The van der Waals surface area contributed by atoms with Crippen molar-refractivity contribution in [3.63, 3.8) is 0 Å². The lowest BCUT2D eigenvalue weighted by Crippen LogP contribution is -2.16. The van der Waals surface area contributed by atoms with E-state index in [0.29, 0.717) is 31.6 Å². The molecule has 0 aliphatic heterocycles. The standard InChI is InChI=1S/C25H29F2N3O2/c1-3-5-10-22-28-24(25(26,27)15-6-4-2)29-30(22)17-18-11-13-19(14-12-18)20-8-7-9-21(16-20)23(31)32/h7-9,11-14,16H,3-6,10,15,17H2,1-2H3,(H,31,32). The third-order valence-corrected chi connectivity index (χ3v) is 5.40. The smallest absolute Gasteiger partial charge is 0.335 e. The molecule has 0 bridgehead atoms. The second-order valence-corrected chi connectivity index (χ2v) is 8.00. The second-order valence-electron chi connectivity index (χ2n) is 8.00. The number of unbranched alkanes of at least 4 members (excludes halogenated alkanes) is 2. The van der Waals surface area contributed by atoms with Crippen LogP contribution in [0.15, 0.2) is 48.5 Å². The third kappa shape index (κ3) is 5.78. The van der Waals surface area contributed by atoms with Crippen LogP contribution in [0.1, 0.15) is 73.5 Å². The molecule has 0 atom stereocenters. The van der Waals surface area contributed by atoms with Gasteiger partial charge in [0.25, 0.3) is 0 Å². The average molecular weight is 442 g/mol. The normalized spacial score (nSPS) is 11.6. The van der Waals surface area contributed by atoms with Crippen LogP contribution < -0.4 is 0 Å². The van der Waals surface area contributed by atoms with Crippen molar-refractivity contribution in [2.45, 2.75) is 64.8 Å². The maximum absolute atomic E-state index is 14.5. The maximum Gasteiger partial charge on any atom is 0.335 e. The summed E-state index contributed by atoms with van der Waals surface area (Å²) in [6, 6.07) is 14.4. The van der Waals surface area contributed by atoms with Crippen LogP contribution in [0.25, 0.3) is 11.1 Å². The van der Waals surface area contributed by atoms with E-state index in [2.05, 4.69) is 17.0 Å². The first kappa shape index (κ1) is 23.6. The van der Waals surface area contributed by atoms with Crippen LogP contribution in [0.2, 0.25) is 0 Å². The zero-order valence-corrected chi connectivity index (χ0v) is 18.5. The van der Waals surface area contributed by atoms with Crippen molar-refractivity contribution in [2.24, 2.45) is 0 Å². The van der Waals surface area contributed by atoms with Gasteiger partial charge in [0, 0.05) is 12.8 Å². The Morgan fingerprint density at radius 3 is 2.41 bits per heavy atom. The van der Waals surface area contributed by atoms with Gasteiger partial charge in [0.2, 0.25) is 5.82 Å². The van der Waals surface area contributed by atoms with E-state index in [9.17, 15) is 18.7 Å². The van der Waals surface area contributed by atoms with Gasteiger partial charge in [-0.15, -0.1) is 5.10 Å². The minimum absolute atomic E-state index is 0.228. The van der Waals surface area contributed by atoms with Crippen LogP contribution in [-0.4, -0.2) is 25.8 Å². The summed E-state index contributed by atoms with van der Waals surface area (Å²) in [6.45, 7) is 4.29. The Labute approximate surface area is 187 Å². The summed E-state index contributed by atoms with van der Waals surface area (Å²) in [4.78, 5) is 15.4. The number of nitrogens with zero attached hydrogens (tertiary/aromatic N) is 3. The molecule has 32 heavy (non-hydrogen) atoms. The van der Waals surface area contributed by atoms with Crippen molar-refractivity contribution in [2.75, 3.05) is 0 Å². The van der Waals surface area contributed by atoms with E-state index < -0.39 is 11.9 Å². The first-order chi connectivity index (χ1) is 15.3. The van der Waals surface area contributed by atoms with Gasteiger partial charge in [0.05, 0.1) is 12.1 Å². The number of aromatic carboxylic acids is 1. The predicted molar refractivity (Wildman–Crippen MR) is 120 cm³/mol. The molecule has 3 aromatic rings. The van der Waals surface area contributed by atoms with Crippen LogP contribution in [0.3, 0.4) is 0 Å². The minimum atomic E-state index is -3.03. The van der Waals surface area contributed by atoms with Gasteiger partial charge in [-0.1, -0.05) is 63.1 Å². The van der Waals surface area contributed by atoms with E-state index in [4.69, 9.17) is 0 Å². The number of carboxylic acid groups (broad SMARTS) is 1. The van der Waals surface area contributed by atoms with Crippen LogP contribution in [0.5, 0.6) is 0 Å². The number of alkyl halides is 2. The lowest BCUT2D eigenvalue weighted by Gasteiger charge is -2.11. The number of hydrogen-bond donors (Lipinski definition) is 1. The molecule has 0 aliphatic rings. The van der Waals surface area contributed by atoms with Crippen molar-refractivity contribution in [3.8, 4) is 11.1 Å². The second kappa shape index (κ2) is 10.5. The lowest BCUT2D eigenvalue weighted by molar-refractivity contribution is -0.0245. The van der Waals surface area contributed by atoms with Gasteiger partial charge in [-0.2, -0.15) is 8.78 Å². The van der Waals surface area contributed by atoms with Gasteiger partial charge in [0.1, 0.15) is 5.82 Å². The van der Waals surface area contributed by atoms with E-state index >= 15 is 0 Å². The number of halogens is 2. The van der Waals surface area contributed by atoms with E-state index in [0.717, 1.165) is 29.5 Å². The molecular formula is C25H29F2N3O2. The third-order valence-electron chi connectivity index (χ3n) is 5.40. The first-order valence-electron chi connectivity index (χ1n) is 11.1. The molecule has 1 aromatic heterocycles. The Balaban J connectivity index is 1.82. The molecule has 0 aliphatic carbocycles. The van der Waals surface area contributed by atoms with Gasteiger partial charge in [-0.25, -0.2) is 14.5 Å². The van der Waals surface area contributed by atoms with Gasteiger partial charge in [-0.05, 0) is 41.7 Å². The number of carboxylic acids is 1. The molecule has 0 spiro atoms. The summed E-state index contributed by atoms with van der Waals surface area (Å²) >= 11 is 0. The Kier molecular flexibility index (Phi) is 7.72. The minimum Gasteiger partial charge on any atom is -0.478 e. The molecule has 0 radical (unpaired) electrons. The summed E-state index contributed by atoms with van der Waals surface area (Å²) in [5.41, 5.74) is 2.83. The fourth-order valence-electron chi connectivity index (χ4n) is 3.49. The first-order valence-corrected chi connectivity index (χ1v) is 11.1. The molecule has 1 N–H and O–H groups in total. The Hall–Kier alpha value is -3.09. The van der Waals surface area contributed by atoms with Crippen molar-refractivity contribution in [1.29, 1.82) is 0 Å². The van der Waals surface area contributed by atoms with Gasteiger partial charge < -0.3 is 5.11 Å². The van der Waals surface area contributed by atoms with Crippen LogP contribution in [0, 0.1) is 0 Å². The summed E-state index contributed by atoms with van der Waals surface area (Å²) in [6.07, 6.45) is 3.28. The van der Waals surface area contributed by atoms with Gasteiger partial charge >= 0.3 is 11.9 Å². The van der Waals surface area contributed by atoms with Crippen molar-refractivity contribution >= 4 is 5.97 Å². The highest BCUT2D eigenvalue weighted by atomic mass is 19.3. The average Bonchev–Trinajstić information content (AvgIpc) is 3.20. The highest BCUT2D eigenvalue weighted by Gasteiger charge is 2.36. The molecule has 0 amide bonds. The van der Waals surface area contributed by atoms with E-state index in [-0.39, 0.29) is 17.8 Å². The topological polar surface area (TPSA) is 68.0 Å². The number of rotatable bonds is 11. The largest absolute Gasteiger partial charge is 0.478 e. The maximum atomic E-state index is 14.5. The van der Waals surface area contributed by atoms with E-state index in [1.165, 1.54) is 0 Å². The summed E-state index contributed by atoms with van der Waals surface area (Å²) in [7, 11) is 0. The van der Waals surface area contributed by atoms with Crippen molar-refractivity contribution < 1.29 is 18.7 Å². The number of benzene rings is 2. The Bertz CT molecular complexity index is 1050. The molecule has 0 fully saturated rings. The van der Waals surface area contributed by atoms with E-state index in [1.807, 2.05) is 37.3 Å². The van der Waals surface area contributed by atoms with Crippen LogP contribution in [-0.2, 0) is 18.9 Å². The van der Waals surface area contributed by atoms with E-state index in [1.54, 1.807) is 22.9 Å². The predicted octanol–water partition coefficient (Wildman–Crippen LogP) is 6.32. The zero-order chi connectivity index (χ0) is 23.1. The highest BCUT2D eigenvalue weighted by molar-refractivity contribution is 5.89. The Morgan fingerprint density at radius 1 is 1.03 bits per heavy atom. The quantitative estimate of drug-likeness (QED) is 0.378. The van der Waals surface area contributed by atoms with Crippen LogP contribution in [0.4, 0.5) is 8.78 Å². The fourth-order valence-corrected chi connectivity index (χ4v) is 3.49. The molecule has 7 heteroatoms. The molecule has 0 unspecified atom stereocenters. The van der Waals surface area contributed by atoms with Crippen LogP contribution >= 0.6 is 0 Å². The molecule has 1 heterocycles.